The summed E-state index contributed by atoms with van der Waals surface area (Å²) in [5.74, 6) is -0.0512. The van der Waals surface area contributed by atoms with Crippen LogP contribution in [0.1, 0.15) is 52.4 Å². The molecule has 1 saturated carbocycles. The van der Waals surface area contributed by atoms with Crippen molar-refractivity contribution >= 4 is 11.9 Å². The van der Waals surface area contributed by atoms with Gasteiger partial charge in [-0.1, -0.05) is 26.7 Å². The summed E-state index contributed by atoms with van der Waals surface area (Å²) >= 11 is 0. The Kier molecular flexibility index (Phi) is 5.06. The summed E-state index contributed by atoms with van der Waals surface area (Å²) in [6.07, 6.45) is 5.47. The summed E-state index contributed by atoms with van der Waals surface area (Å²) in [7, 11) is 0. The van der Waals surface area contributed by atoms with Crippen LogP contribution in [-0.4, -0.2) is 35.0 Å². The zero-order valence-corrected chi connectivity index (χ0v) is 12.7. The molecule has 114 valence electrons. The topological polar surface area (TPSA) is 57.6 Å². The number of nitrogens with zero attached hydrogens (tertiary/aromatic N) is 1. The van der Waals surface area contributed by atoms with E-state index >= 15 is 0 Å². The van der Waals surface area contributed by atoms with E-state index in [1.54, 1.807) is 0 Å². The molecule has 2 aliphatic rings. The molecule has 0 spiro atoms. The summed E-state index contributed by atoms with van der Waals surface area (Å²) in [6.45, 7) is 6.10. The number of hydrogen-bond acceptors (Lipinski definition) is 2. The Morgan fingerprint density at radius 2 is 1.55 bits per heavy atom. The summed E-state index contributed by atoms with van der Waals surface area (Å²) in [6, 6.07) is 0. The number of likely N-dealkylation sites (tertiary alicyclic amines) is 1. The highest BCUT2D eigenvalue weighted by atomic mass is 16.4. The number of amides is 1. The molecule has 1 N–H and O–H groups in total. The average molecular weight is 281 g/mol. The summed E-state index contributed by atoms with van der Waals surface area (Å²) in [5, 5.41) is 9.30. The quantitative estimate of drug-likeness (QED) is 0.865. The van der Waals surface area contributed by atoms with Crippen LogP contribution in [0.15, 0.2) is 0 Å². The van der Waals surface area contributed by atoms with E-state index in [2.05, 4.69) is 13.8 Å². The molecular formula is C16H27NO3. The van der Waals surface area contributed by atoms with Crippen LogP contribution in [-0.2, 0) is 9.59 Å². The second kappa shape index (κ2) is 6.59. The van der Waals surface area contributed by atoms with Crippen LogP contribution in [0.2, 0.25) is 0 Å². The van der Waals surface area contributed by atoms with Crippen molar-refractivity contribution in [2.75, 3.05) is 13.1 Å². The van der Waals surface area contributed by atoms with Gasteiger partial charge >= 0.3 is 5.97 Å². The molecule has 1 saturated heterocycles. The average Bonchev–Trinajstić information content (AvgIpc) is 2.46. The first-order valence-corrected chi connectivity index (χ1v) is 8.02. The van der Waals surface area contributed by atoms with Gasteiger partial charge in [0.2, 0.25) is 5.91 Å². The van der Waals surface area contributed by atoms with Gasteiger partial charge in [0.25, 0.3) is 0 Å². The summed E-state index contributed by atoms with van der Waals surface area (Å²) < 4.78 is 0. The van der Waals surface area contributed by atoms with Gasteiger partial charge in [0, 0.05) is 13.1 Å². The van der Waals surface area contributed by atoms with Gasteiger partial charge in [-0.05, 0) is 37.5 Å². The smallest absolute Gasteiger partial charge is 0.307 e. The number of carbonyl (C=O) groups excluding carboxylic acids is 1. The van der Waals surface area contributed by atoms with Crippen molar-refractivity contribution in [2.45, 2.75) is 52.4 Å². The third-order valence-corrected chi connectivity index (χ3v) is 5.19. The maximum Gasteiger partial charge on any atom is 0.307 e. The second-order valence-corrected chi connectivity index (χ2v) is 6.74. The van der Waals surface area contributed by atoms with Crippen molar-refractivity contribution in [1.82, 2.24) is 4.90 Å². The number of aliphatic carboxylic acids is 1. The van der Waals surface area contributed by atoms with Crippen LogP contribution in [0.25, 0.3) is 0 Å². The first-order chi connectivity index (χ1) is 9.50. The van der Waals surface area contributed by atoms with E-state index in [0.29, 0.717) is 18.3 Å². The monoisotopic (exact) mass is 281 g/mol. The summed E-state index contributed by atoms with van der Waals surface area (Å²) in [5.41, 5.74) is 0. The van der Waals surface area contributed by atoms with E-state index in [1.165, 1.54) is 0 Å². The molecule has 1 amide bonds. The minimum absolute atomic E-state index is 0.0966. The fourth-order valence-electron chi connectivity index (χ4n) is 3.74. The van der Waals surface area contributed by atoms with Gasteiger partial charge in [0.15, 0.2) is 0 Å². The Bertz CT molecular complexity index is 359. The molecule has 2 unspecified atom stereocenters. The molecule has 4 heteroatoms. The van der Waals surface area contributed by atoms with Gasteiger partial charge in [-0.3, -0.25) is 9.59 Å². The Labute approximate surface area is 121 Å². The largest absolute Gasteiger partial charge is 0.481 e. The van der Waals surface area contributed by atoms with E-state index in [4.69, 9.17) is 0 Å². The summed E-state index contributed by atoms with van der Waals surface area (Å²) in [4.78, 5) is 25.9. The van der Waals surface area contributed by atoms with Crippen molar-refractivity contribution in [2.24, 2.45) is 23.7 Å². The Balaban J connectivity index is 1.95. The first-order valence-electron chi connectivity index (χ1n) is 8.02. The molecule has 2 atom stereocenters. The number of carbonyl (C=O) groups is 2. The van der Waals surface area contributed by atoms with Gasteiger partial charge in [-0.25, -0.2) is 0 Å². The van der Waals surface area contributed by atoms with E-state index in [9.17, 15) is 14.7 Å². The molecule has 2 rings (SSSR count). The molecule has 1 aliphatic carbocycles. The van der Waals surface area contributed by atoms with Crippen molar-refractivity contribution in [3.8, 4) is 0 Å². The Morgan fingerprint density at radius 3 is 2.05 bits per heavy atom. The van der Waals surface area contributed by atoms with Gasteiger partial charge in [0.05, 0.1) is 11.8 Å². The number of rotatable bonds is 3. The lowest BCUT2D eigenvalue weighted by Crippen LogP contribution is -2.46. The molecule has 1 heterocycles. The predicted octanol–water partition coefficient (Wildman–Crippen LogP) is 2.77. The highest BCUT2D eigenvalue weighted by Crippen LogP contribution is 2.33. The minimum atomic E-state index is -0.792. The molecule has 1 aliphatic heterocycles. The van der Waals surface area contributed by atoms with Crippen LogP contribution in [0, 0.1) is 23.7 Å². The lowest BCUT2D eigenvalue weighted by atomic mass is 9.78. The molecular weight excluding hydrogens is 254 g/mol. The van der Waals surface area contributed by atoms with Crippen LogP contribution in [0.3, 0.4) is 0 Å². The molecule has 0 aromatic rings. The van der Waals surface area contributed by atoms with Crippen LogP contribution < -0.4 is 0 Å². The fourth-order valence-corrected chi connectivity index (χ4v) is 3.74. The molecule has 2 fully saturated rings. The Morgan fingerprint density at radius 1 is 1.00 bits per heavy atom. The number of piperidine rings is 1. The molecule has 0 aromatic carbocycles. The van der Waals surface area contributed by atoms with Crippen LogP contribution >= 0.6 is 0 Å². The number of hydrogen-bond donors (Lipinski definition) is 1. The standard InChI is InChI=1S/C16H27NO3/c1-11(2)12-7-9-17(10-8-12)15(18)13-5-3-4-6-14(13)16(19)20/h11-14H,3-10H2,1-2H3,(H,19,20). The van der Waals surface area contributed by atoms with Crippen molar-refractivity contribution < 1.29 is 14.7 Å². The molecule has 0 radical (unpaired) electrons. The normalized spacial score (nSPS) is 28.6. The van der Waals surface area contributed by atoms with Crippen molar-refractivity contribution in [1.29, 1.82) is 0 Å². The second-order valence-electron chi connectivity index (χ2n) is 6.74. The lowest BCUT2D eigenvalue weighted by Gasteiger charge is -2.38. The molecule has 4 nitrogen and oxygen atoms in total. The minimum Gasteiger partial charge on any atom is -0.481 e. The molecule has 0 aromatic heterocycles. The maximum atomic E-state index is 12.6. The fraction of sp³-hybridized carbons (Fsp3) is 0.875. The zero-order valence-electron chi connectivity index (χ0n) is 12.7. The third-order valence-electron chi connectivity index (χ3n) is 5.19. The first kappa shape index (κ1) is 15.3. The SMILES string of the molecule is CC(C)C1CCN(C(=O)C2CCCCC2C(=O)O)CC1. The zero-order chi connectivity index (χ0) is 14.7. The lowest BCUT2D eigenvalue weighted by molar-refractivity contribution is -0.153. The van der Waals surface area contributed by atoms with E-state index in [-0.39, 0.29) is 11.8 Å². The highest BCUT2D eigenvalue weighted by Gasteiger charge is 2.38. The Hall–Kier alpha value is -1.06. The van der Waals surface area contributed by atoms with Crippen molar-refractivity contribution in [3.05, 3.63) is 0 Å². The molecule has 20 heavy (non-hydrogen) atoms. The van der Waals surface area contributed by atoms with Crippen LogP contribution in [0.4, 0.5) is 0 Å². The number of carboxylic acids is 1. The number of carboxylic acid groups (broad SMARTS) is 1. The van der Waals surface area contributed by atoms with Crippen molar-refractivity contribution in [3.63, 3.8) is 0 Å². The van der Waals surface area contributed by atoms with Crippen LogP contribution in [0.5, 0.6) is 0 Å². The van der Waals surface area contributed by atoms with Gasteiger partial charge in [0.1, 0.15) is 0 Å². The van der Waals surface area contributed by atoms with E-state index in [1.807, 2.05) is 4.90 Å². The predicted molar refractivity (Wildman–Crippen MR) is 77.2 cm³/mol. The van der Waals surface area contributed by atoms with E-state index < -0.39 is 11.9 Å². The highest BCUT2D eigenvalue weighted by molar-refractivity contribution is 5.85. The van der Waals surface area contributed by atoms with Gasteiger partial charge in [-0.2, -0.15) is 0 Å². The maximum absolute atomic E-state index is 12.6. The van der Waals surface area contributed by atoms with Gasteiger partial charge < -0.3 is 10.0 Å². The molecule has 0 bridgehead atoms. The van der Waals surface area contributed by atoms with Gasteiger partial charge in [-0.15, -0.1) is 0 Å². The van der Waals surface area contributed by atoms with E-state index in [0.717, 1.165) is 45.2 Å². The third kappa shape index (κ3) is 3.33.